The molecule has 0 aliphatic carbocycles. The summed E-state index contributed by atoms with van der Waals surface area (Å²) in [6.07, 6.45) is 9.70. The molecule has 39 heavy (non-hydrogen) atoms. The van der Waals surface area contributed by atoms with E-state index in [0.717, 1.165) is 65.4 Å². The Morgan fingerprint density at radius 3 is 1.51 bits per heavy atom. The largest absolute Gasteiger partial charge is 0.378 e. The maximum Gasteiger partial charge on any atom is 0.170 e. The molecule has 6 saturated heterocycles. The molecule has 0 aromatic rings. The van der Waals surface area contributed by atoms with E-state index in [0.29, 0.717) is 35.4 Å². The average Bonchev–Trinajstić information content (AvgIpc) is 3.43. The van der Waals surface area contributed by atoms with Crippen LogP contribution in [0.4, 0.5) is 0 Å². The first kappa shape index (κ1) is 31.7. The van der Waals surface area contributed by atoms with Crippen LogP contribution in [-0.4, -0.2) is 114 Å². The van der Waals surface area contributed by atoms with Crippen LogP contribution in [0.5, 0.6) is 0 Å². The third kappa shape index (κ3) is 8.39. The monoisotopic (exact) mass is 551 g/mol. The summed E-state index contributed by atoms with van der Waals surface area (Å²) in [4.78, 5) is 7.74. The lowest BCUT2D eigenvalue weighted by molar-refractivity contribution is -0.190. The van der Waals surface area contributed by atoms with Gasteiger partial charge >= 0.3 is 0 Å². The van der Waals surface area contributed by atoms with Crippen molar-refractivity contribution in [3.05, 3.63) is 0 Å². The third-order valence-electron chi connectivity index (χ3n) is 9.54. The van der Waals surface area contributed by atoms with Crippen LogP contribution in [0, 0.1) is 0 Å². The van der Waals surface area contributed by atoms with Crippen molar-refractivity contribution in [3.63, 3.8) is 0 Å². The fraction of sp³-hybridized carbons (Fsp3) is 1.00. The van der Waals surface area contributed by atoms with Crippen molar-refractivity contribution in [2.45, 2.75) is 154 Å². The molecule has 6 heterocycles. The second-order valence-electron chi connectivity index (χ2n) is 15.7. The fourth-order valence-electron chi connectivity index (χ4n) is 7.39. The van der Waals surface area contributed by atoms with E-state index in [1.807, 2.05) is 0 Å². The number of fused-ring (bicyclic) bond motifs is 4. The average molecular weight is 552 g/mol. The number of hydrogen-bond donors (Lipinski definition) is 0. The highest BCUT2D eigenvalue weighted by Gasteiger charge is 2.42. The SMILES string of the molecule is CC(C)(C)N1C2CCCC1COC2.CC(C)(C)N1CC2CCC(C1)O2.CC(C)(C)N1CCC2(CC1)OCCO2. The molecule has 6 aliphatic heterocycles. The summed E-state index contributed by atoms with van der Waals surface area (Å²) in [7, 11) is 0. The van der Waals surface area contributed by atoms with E-state index in [-0.39, 0.29) is 11.3 Å². The number of rotatable bonds is 0. The zero-order valence-corrected chi connectivity index (χ0v) is 26.9. The van der Waals surface area contributed by atoms with Gasteiger partial charge in [0, 0.05) is 67.7 Å². The van der Waals surface area contributed by atoms with Gasteiger partial charge in [0.2, 0.25) is 0 Å². The predicted molar refractivity (Wildman–Crippen MR) is 158 cm³/mol. The molecule has 6 rings (SSSR count). The highest BCUT2D eigenvalue weighted by molar-refractivity contribution is 4.94. The standard InChI is InChI=1S/C11H21NO2.C11H21NO.C10H19NO/c1-10(2,3)12-6-4-11(5-7-12)13-8-9-14-11;1-11(2,3)12-9-5-4-6-10(12)8-13-7-9;1-10(2,3)11-6-8-4-5-9(7-11)12-8/h4-9H2,1-3H3;9-10H,4-8H2,1-3H3;8-9H,4-7H2,1-3H3. The lowest BCUT2D eigenvalue weighted by Gasteiger charge is -2.52. The van der Waals surface area contributed by atoms with E-state index in [1.165, 1.54) is 32.1 Å². The summed E-state index contributed by atoms with van der Waals surface area (Å²) in [6.45, 7) is 28.5. The van der Waals surface area contributed by atoms with E-state index in [4.69, 9.17) is 18.9 Å². The van der Waals surface area contributed by atoms with Gasteiger partial charge < -0.3 is 18.9 Å². The molecule has 0 amide bonds. The molecule has 1 spiro atoms. The van der Waals surface area contributed by atoms with Crippen molar-refractivity contribution in [2.75, 3.05) is 52.6 Å². The van der Waals surface area contributed by atoms with Gasteiger partial charge in [-0.15, -0.1) is 0 Å². The second-order valence-corrected chi connectivity index (χ2v) is 15.7. The molecule has 6 aliphatic rings. The quantitative estimate of drug-likeness (QED) is 0.404. The summed E-state index contributed by atoms with van der Waals surface area (Å²) < 4.78 is 22.8. The fourth-order valence-corrected chi connectivity index (χ4v) is 7.39. The van der Waals surface area contributed by atoms with Crippen molar-refractivity contribution in [1.29, 1.82) is 0 Å². The highest BCUT2D eigenvalue weighted by Crippen LogP contribution is 2.35. The van der Waals surface area contributed by atoms with E-state index in [2.05, 4.69) is 77.0 Å². The second kappa shape index (κ2) is 12.5. The maximum absolute atomic E-state index is 5.78. The summed E-state index contributed by atoms with van der Waals surface area (Å²) in [5, 5.41) is 0. The number of nitrogens with zero attached hydrogens (tertiary/aromatic N) is 3. The molecule has 0 saturated carbocycles. The van der Waals surface area contributed by atoms with Gasteiger partial charge in [-0.25, -0.2) is 0 Å². The number of hydrogen-bond acceptors (Lipinski definition) is 7. The Hall–Kier alpha value is -0.280. The normalized spacial score (nSPS) is 33.8. The Kier molecular flexibility index (Phi) is 10.2. The summed E-state index contributed by atoms with van der Waals surface area (Å²) in [5.74, 6) is -0.220. The van der Waals surface area contributed by atoms with E-state index < -0.39 is 0 Å². The summed E-state index contributed by atoms with van der Waals surface area (Å²) in [5.41, 5.74) is 0.921. The van der Waals surface area contributed by atoms with Crippen LogP contribution in [0.15, 0.2) is 0 Å². The molecule has 0 N–H and O–H groups in total. The maximum atomic E-state index is 5.78. The lowest BCUT2D eigenvalue weighted by Crippen LogP contribution is -2.61. The highest BCUT2D eigenvalue weighted by atomic mass is 16.7. The van der Waals surface area contributed by atoms with Gasteiger partial charge in [0.15, 0.2) is 5.79 Å². The number of ether oxygens (including phenoxy) is 4. The van der Waals surface area contributed by atoms with Gasteiger partial charge in [-0.2, -0.15) is 0 Å². The third-order valence-corrected chi connectivity index (χ3v) is 9.54. The van der Waals surface area contributed by atoms with Gasteiger partial charge in [0.05, 0.1) is 38.6 Å². The van der Waals surface area contributed by atoms with Crippen molar-refractivity contribution < 1.29 is 18.9 Å². The van der Waals surface area contributed by atoms with E-state index >= 15 is 0 Å². The van der Waals surface area contributed by atoms with Crippen LogP contribution in [0.3, 0.4) is 0 Å². The van der Waals surface area contributed by atoms with Crippen LogP contribution in [0.2, 0.25) is 0 Å². The minimum absolute atomic E-state index is 0.220. The van der Waals surface area contributed by atoms with Crippen molar-refractivity contribution in [1.82, 2.24) is 14.7 Å². The molecule has 7 nitrogen and oxygen atoms in total. The Bertz CT molecular complexity index is 721. The molecule has 7 heteroatoms. The molecule has 0 aromatic carbocycles. The molecule has 0 aromatic heterocycles. The molecular weight excluding hydrogens is 490 g/mol. The minimum Gasteiger partial charge on any atom is -0.378 e. The van der Waals surface area contributed by atoms with Crippen LogP contribution >= 0.6 is 0 Å². The number of morpholine rings is 2. The first-order valence-electron chi connectivity index (χ1n) is 16.0. The van der Waals surface area contributed by atoms with E-state index in [1.54, 1.807) is 0 Å². The van der Waals surface area contributed by atoms with Crippen LogP contribution in [0.25, 0.3) is 0 Å². The molecule has 4 atom stereocenters. The molecule has 0 radical (unpaired) electrons. The molecule has 4 bridgehead atoms. The van der Waals surface area contributed by atoms with Crippen LogP contribution in [-0.2, 0) is 18.9 Å². The Morgan fingerprint density at radius 2 is 1.10 bits per heavy atom. The van der Waals surface area contributed by atoms with Gasteiger partial charge in [-0.05, 0) is 88.0 Å². The van der Waals surface area contributed by atoms with Crippen molar-refractivity contribution >= 4 is 0 Å². The molecular formula is C32H61N3O4. The zero-order valence-electron chi connectivity index (χ0n) is 26.9. The Morgan fingerprint density at radius 1 is 0.615 bits per heavy atom. The van der Waals surface area contributed by atoms with Crippen LogP contribution < -0.4 is 0 Å². The molecule has 228 valence electrons. The number of likely N-dealkylation sites (tertiary alicyclic amines) is 2. The molecule has 4 unspecified atom stereocenters. The number of piperidine rings is 2. The summed E-state index contributed by atoms with van der Waals surface area (Å²) in [6, 6.07) is 1.37. The first-order valence-corrected chi connectivity index (χ1v) is 16.0. The summed E-state index contributed by atoms with van der Waals surface area (Å²) >= 11 is 0. The lowest BCUT2D eigenvalue weighted by atomic mass is 9.88. The van der Waals surface area contributed by atoms with E-state index in [9.17, 15) is 0 Å². The predicted octanol–water partition coefficient (Wildman–Crippen LogP) is 5.31. The molecule has 6 fully saturated rings. The van der Waals surface area contributed by atoms with Gasteiger partial charge in [0.25, 0.3) is 0 Å². The zero-order chi connectivity index (χ0) is 28.5. The van der Waals surface area contributed by atoms with Crippen molar-refractivity contribution in [2.24, 2.45) is 0 Å². The topological polar surface area (TPSA) is 46.6 Å². The first-order chi connectivity index (χ1) is 18.2. The van der Waals surface area contributed by atoms with Gasteiger partial charge in [0.1, 0.15) is 0 Å². The minimum atomic E-state index is -0.220. The van der Waals surface area contributed by atoms with Gasteiger partial charge in [-0.3, -0.25) is 14.7 Å². The van der Waals surface area contributed by atoms with Crippen LogP contribution in [0.1, 0.15) is 107 Å². The Labute approximate surface area is 240 Å². The van der Waals surface area contributed by atoms with Crippen molar-refractivity contribution in [3.8, 4) is 0 Å². The smallest absolute Gasteiger partial charge is 0.170 e. The van der Waals surface area contributed by atoms with Gasteiger partial charge in [-0.1, -0.05) is 6.42 Å². The Balaban J connectivity index is 0.000000136.